The molecule has 124 valence electrons. The van der Waals surface area contributed by atoms with Crippen LogP contribution in [0.4, 0.5) is 0 Å². The summed E-state index contributed by atoms with van der Waals surface area (Å²) in [5.41, 5.74) is 4.17. The summed E-state index contributed by atoms with van der Waals surface area (Å²) in [5, 5.41) is 2.97. The van der Waals surface area contributed by atoms with Crippen LogP contribution in [-0.4, -0.2) is 15.5 Å². The van der Waals surface area contributed by atoms with E-state index in [2.05, 4.69) is 34.8 Å². The zero-order valence-electron chi connectivity index (χ0n) is 14.4. The van der Waals surface area contributed by atoms with Gasteiger partial charge in [-0.25, -0.2) is 4.98 Å². The van der Waals surface area contributed by atoms with E-state index >= 15 is 0 Å². The van der Waals surface area contributed by atoms with Crippen LogP contribution in [0.5, 0.6) is 0 Å². The van der Waals surface area contributed by atoms with Crippen LogP contribution >= 0.6 is 0 Å². The monoisotopic (exact) mass is 321 g/mol. The van der Waals surface area contributed by atoms with Crippen LogP contribution in [0.2, 0.25) is 0 Å². The number of hydrogen-bond donors (Lipinski definition) is 1. The number of aromatic nitrogens is 2. The maximum absolute atomic E-state index is 12.2. The molecule has 0 spiro atoms. The van der Waals surface area contributed by atoms with Crippen LogP contribution in [0.25, 0.3) is 11.0 Å². The lowest BCUT2D eigenvalue weighted by Crippen LogP contribution is -2.24. The molecule has 1 heterocycles. The van der Waals surface area contributed by atoms with Crippen molar-refractivity contribution < 1.29 is 4.79 Å². The van der Waals surface area contributed by atoms with Crippen LogP contribution < -0.4 is 5.32 Å². The molecule has 2 aromatic carbocycles. The molecule has 0 bridgehead atoms. The van der Waals surface area contributed by atoms with Crippen molar-refractivity contribution in [1.82, 2.24) is 14.9 Å². The van der Waals surface area contributed by atoms with Crippen molar-refractivity contribution in [3.8, 4) is 0 Å². The second kappa shape index (κ2) is 6.87. The lowest BCUT2D eigenvalue weighted by atomic mass is 10.1. The molecule has 0 saturated heterocycles. The average molecular weight is 321 g/mol. The first-order valence-corrected chi connectivity index (χ1v) is 8.32. The molecule has 0 radical (unpaired) electrons. The fourth-order valence-electron chi connectivity index (χ4n) is 3.07. The van der Waals surface area contributed by atoms with Gasteiger partial charge >= 0.3 is 0 Å². The maximum Gasteiger partial charge on any atom is 0.224 e. The van der Waals surface area contributed by atoms with Gasteiger partial charge in [0.1, 0.15) is 5.82 Å². The fourth-order valence-corrected chi connectivity index (χ4v) is 3.07. The number of nitrogens with zero attached hydrogens (tertiary/aromatic N) is 2. The van der Waals surface area contributed by atoms with E-state index in [1.807, 2.05) is 49.4 Å². The highest BCUT2D eigenvalue weighted by Crippen LogP contribution is 2.22. The van der Waals surface area contributed by atoms with E-state index in [-0.39, 0.29) is 5.91 Å². The van der Waals surface area contributed by atoms with Crippen molar-refractivity contribution in [3.05, 3.63) is 65.5 Å². The normalized spacial score (nSPS) is 11.2. The molecule has 0 saturated carbocycles. The summed E-state index contributed by atoms with van der Waals surface area (Å²) in [6.07, 6.45) is 0.371. The number of rotatable bonds is 5. The summed E-state index contributed by atoms with van der Waals surface area (Å²) in [5.74, 6) is 1.03. The lowest BCUT2D eigenvalue weighted by molar-refractivity contribution is -0.120. The lowest BCUT2D eigenvalue weighted by Gasteiger charge is -2.10. The zero-order valence-corrected chi connectivity index (χ0v) is 14.4. The Hall–Kier alpha value is -2.62. The third-order valence-electron chi connectivity index (χ3n) is 4.14. The van der Waals surface area contributed by atoms with E-state index in [4.69, 9.17) is 0 Å². The number of carbonyl (C=O) groups is 1. The van der Waals surface area contributed by atoms with Gasteiger partial charge in [0.25, 0.3) is 0 Å². The Bertz CT molecular complexity index is 850. The number of nitrogens with one attached hydrogen (secondary N) is 1. The number of carbonyl (C=O) groups excluding carboxylic acids is 1. The third-order valence-corrected chi connectivity index (χ3v) is 4.14. The van der Waals surface area contributed by atoms with Crippen LogP contribution in [0.15, 0.2) is 48.5 Å². The molecule has 1 amide bonds. The summed E-state index contributed by atoms with van der Waals surface area (Å²) in [7, 11) is 0. The minimum absolute atomic E-state index is 0.0261. The van der Waals surface area contributed by atoms with E-state index in [1.54, 1.807) is 0 Å². The van der Waals surface area contributed by atoms with E-state index in [0.717, 1.165) is 28.0 Å². The van der Waals surface area contributed by atoms with Gasteiger partial charge in [-0.3, -0.25) is 4.79 Å². The number of amides is 1. The van der Waals surface area contributed by atoms with Gasteiger partial charge in [-0.2, -0.15) is 0 Å². The second-order valence-corrected chi connectivity index (χ2v) is 6.38. The van der Waals surface area contributed by atoms with Crippen LogP contribution in [-0.2, 0) is 17.8 Å². The maximum atomic E-state index is 12.2. The minimum Gasteiger partial charge on any atom is -0.352 e. The van der Waals surface area contributed by atoms with Crippen molar-refractivity contribution in [2.45, 2.75) is 39.8 Å². The highest BCUT2D eigenvalue weighted by molar-refractivity contribution is 5.82. The largest absolute Gasteiger partial charge is 0.352 e. The van der Waals surface area contributed by atoms with Crippen molar-refractivity contribution in [3.63, 3.8) is 0 Å². The van der Waals surface area contributed by atoms with E-state index in [1.165, 1.54) is 0 Å². The van der Waals surface area contributed by atoms with Gasteiger partial charge in [0, 0.05) is 12.6 Å². The Kier molecular flexibility index (Phi) is 4.65. The summed E-state index contributed by atoms with van der Waals surface area (Å²) in [4.78, 5) is 16.8. The highest BCUT2D eigenvalue weighted by Gasteiger charge is 2.11. The molecule has 0 atom stereocenters. The Morgan fingerprint density at radius 2 is 1.88 bits per heavy atom. The van der Waals surface area contributed by atoms with Crippen molar-refractivity contribution >= 4 is 16.9 Å². The number of hydrogen-bond acceptors (Lipinski definition) is 2. The average Bonchev–Trinajstić information content (AvgIpc) is 2.89. The first-order valence-electron chi connectivity index (χ1n) is 8.32. The molecular formula is C20H23N3O. The van der Waals surface area contributed by atoms with Crippen molar-refractivity contribution in [1.29, 1.82) is 0 Å². The molecule has 0 unspecified atom stereocenters. The predicted molar refractivity (Wildman–Crippen MR) is 96.8 cm³/mol. The van der Waals surface area contributed by atoms with Crippen molar-refractivity contribution in [2.75, 3.05) is 0 Å². The molecule has 1 aromatic heterocycles. The smallest absolute Gasteiger partial charge is 0.224 e. The molecule has 4 nitrogen and oxygen atoms in total. The molecular weight excluding hydrogens is 298 g/mol. The Labute approximate surface area is 142 Å². The first-order chi connectivity index (χ1) is 11.5. The van der Waals surface area contributed by atoms with Crippen LogP contribution in [0.3, 0.4) is 0 Å². The van der Waals surface area contributed by atoms with Gasteiger partial charge in [-0.05, 0) is 44.0 Å². The highest BCUT2D eigenvalue weighted by atomic mass is 16.1. The molecule has 1 N–H and O–H groups in total. The minimum atomic E-state index is 0.0261. The second-order valence-electron chi connectivity index (χ2n) is 6.38. The molecule has 24 heavy (non-hydrogen) atoms. The number of imidazole rings is 1. The number of benzene rings is 2. The SMILES string of the molecule is Cc1nc2cc(CC(=O)NCc3ccccc3)ccc2n1C(C)C. The summed E-state index contributed by atoms with van der Waals surface area (Å²) in [6.45, 7) is 6.88. The van der Waals surface area contributed by atoms with Gasteiger partial charge < -0.3 is 9.88 Å². The third kappa shape index (κ3) is 3.48. The van der Waals surface area contributed by atoms with Crippen LogP contribution in [0, 0.1) is 6.92 Å². The Balaban J connectivity index is 1.70. The topological polar surface area (TPSA) is 46.9 Å². The summed E-state index contributed by atoms with van der Waals surface area (Å²) >= 11 is 0. The Morgan fingerprint density at radius 3 is 2.58 bits per heavy atom. The van der Waals surface area contributed by atoms with E-state index in [9.17, 15) is 4.79 Å². The van der Waals surface area contributed by atoms with Crippen LogP contribution in [0.1, 0.15) is 36.8 Å². The summed E-state index contributed by atoms with van der Waals surface area (Å²) < 4.78 is 2.22. The molecule has 0 fully saturated rings. The van der Waals surface area contributed by atoms with Gasteiger partial charge in [0.05, 0.1) is 17.5 Å². The van der Waals surface area contributed by atoms with Gasteiger partial charge in [0.2, 0.25) is 5.91 Å². The molecule has 0 aliphatic heterocycles. The van der Waals surface area contributed by atoms with Gasteiger partial charge in [0.15, 0.2) is 0 Å². The summed E-state index contributed by atoms with van der Waals surface area (Å²) in [6, 6.07) is 16.4. The standard InChI is InChI=1S/C20H23N3O/c1-14(2)23-15(3)22-18-11-17(9-10-19(18)23)12-20(24)21-13-16-7-5-4-6-8-16/h4-11,14H,12-13H2,1-3H3,(H,21,24). The number of fused-ring (bicyclic) bond motifs is 1. The van der Waals surface area contributed by atoms with Gasteiger partial charge in [-0.1, -0.05) is 36.4 Å². The molecule has 3 rings (SSSR count). The molecule has 0 aliphatic rings. The molecule has 3 aromatic rings. The van der Waals surface area contributed by atoms with Gasteiger partial charge in [-0.15, -0.1) is 0 Å². The number of aryl methyl sites for hydroxylation is 1. The zero-order chi connectivity index (χ0) is 17.1. The quantitative estimate of drug-likeness (QED) is 0.777. The van der Waals surface area contributed by atoms with E-state index in [0.29, 0.717) is 19.0 Å². The predicted octanol–water partition coefficient (Wildman–Crippen LogP) is 3.78. The first kappa shape index (κ1) is 16.2. The molecule has 0 aliphatic carbocycles. The fraction of sp³-hybridized carbons (Fsp3) is 0.300. The van der Waals surface area contributed by atoms with E-state index < -0.39 is 0 Å². The molecule has 4 heteroatoms. The van der Waals surface area contributed by atoms with Crippen molar-refractivity contribution in [2.24, 2.45) is 0 Å². The Morgan fingerprint density at radius 1 is 1.12 bits per heavy atom.